The van der Waals surface area contributed by atoms with Crippen LogP contribution in [0.1, 0.15) is 21.5 Å². The second kappa shape index (κ2) is 6.27. The molecule has 0 aliphatic heterocycles. The minimum absolute atomic E-state index is 0.0707. The van der Waals surface area contributed by atoms with Crippen LogP contribution in [0, 0.1) is 5.82 Å². The monoisotopic (exact) mass is 308 g/mol. The van der Waals surface area contributed by atoms with Crippen LogP contribution in [0.25, 0.3) is 17.8 Å². The van der Waals surface area contributed by atoms with Crippen LogP contribution in [-0.2, 0) is 0 Å². The lowest BCUT2D eigenvalue weighted by atomic mass is 10.1. The quantitative estimate of drug-likeness (QED) is 0.590. The van der Waals surface area contributed by atoms with Crippen molar-refractivity contribution < 1.29 is 14.3 Å². The molecule has 114 valence electrons. The molecular weight excluding hydrogens is 295 g/mol. The number of aromatic nitrogens is 2. The molecule has 5 heteroatoms. The predicted octanol–water partition coefficient (Wildman–Crippen LogP) is 3.70. The molecule has 0 radical (unpaired) electrons. The summed E-state index contributed by atoms with van der Waals surface area (Å²) in [5.41, 5.74) is 2.28. The molecule has 0 saturated carbocycles. The number of nitrogens with zero attached hydrogens (tertiary/aromatic N) is 2. The molecule has 0 amide bonds. The summed E-state index contributed by atoms with van der Waals surface area (Å²) in [5, 5.41) is 13.5. The molecule has 2 aromatic carbocycles. The summed E-state index contributed by atoms with van der Waals surface area (Å²) in [4.78, 5) is 10.8. The van der Waals surface area contributed by atoms with Crippen LogP contribution in [0.5, 0.6) is 5.75 Å². The second-order valence-corrected chi connectivity index (χ2v) is 4.93. The highest BCUT2D eigenvalue weighted by atomic mass is 19.1. The van der Waals surface area contributed by atoms with Crippen molar-refractivity contribution in [2.24, 2.45) is 0 Å². The van der Waals surface area contributed by atoms with E-state index in [1.165, 1.54) is 12.1 Å². The van der Waals surface area contributed by atoms with Gasteiger partial charge in [0.15, 0.2) is 17.9 Å². The third-order valence-corrected chi connectivity index (χ3v) is 3.37. The summed E-state index contributed by atoms with van der Waals surface area (Å²) >= 11 is 0. The van der Waals surface area contributed by atoms with Gasteiger partial charge in [-0.15, -0.1) is 0 Å². The van der Waals surface area contributed by atoms with Crippen LogP contribution >= 0.6 is 0 Å². The minimum atomic E-state index is -0.816. The largest absolute Gasteiger partial charge is 0.504 e. The standard InChI is InChI=1S/C18H13FN2O2/c19-17-11-14(10-15(12-22)18(17)23)3-2-13-4-6-16(7-5-13)21-9-1-8-20-21/h1-12,23H/b3-2+. The third kappa shape index (κ3) is 3.18. The second-order valence-electron chi connectivity index (χ2n) is 4.93. The zero-order chi connectivity index (χ0) is 16.2. The van der Waals surface area contributed by atoms with Crippen LogP contribution in [0.2, 0.25) is 0 Å². The average Bonchev–Trinajstić information content (AvgIpc) is 3.11. The fraction of sp³-hybridized carbons (Fsp3) is 0. The van der Waals surface area contributed by atoms with Gasteiger partial charge in [-0.05, 0) is 41.5 Å². The highest BCUT2D eigenvalue weighted by Gasteiger charge is 2.07. The first-order chi connectivity index (χ1) is 11.2. The summed E-state index contributed by atoms with van der Waals surface area (Å²) < 4.78 is 15.3. The van der Waals surface area contributed by atoms with Crippen molar-refractivity contribution in [3.63, 3.8) is 0 Å². The number of carbonyl (C=O) groups is 1. The number of aldehydes is 1. The number of phenolic OH excluding ortho intramolecular Hbond substituents is 1. The molecule has 0 aliphatic rings. The molecule has 0 saturated heterocycles. The number of benzene rings is 2. The molecular formula is C18H13FN2O2. The summed E-state index contributed by atoms with van der Waals surface area (Å²) in [7, 11) is 0. The highest BCUT2D eigenvalue weighted by Crippen LogP contribution is 2.23. The first-order valence-electron chi connectivity index (χ1n) is 6.93. The molecule has 3 aromatic rings. The van der Waals surface area contributed by atoms with Gasteiger partial charge in [0, 0.05) is 12.4 Å². The molecule has 0 spiro atoms. The van der Waals surface area contributed by atoms with Gasteiger partial charge in [0.1, 0.15) is 0 Å². The SMILES string of the molecule is O=Cc1cc(/C=C/c2ccc(-n3cccn3)cc2)cc(F)c1O. The first kappa shape index (κ1) is 14.7. The normalized spacial score (nSPS) is 11.0. The highest BCUT2D eigenvalue weighted by molar-refractivity contribution is 5.82. The minimum Gasteiger partial charge on any atom is -0.504 e. The fourth-order valence-electron chi connectivity index (χ4n) is 2.18. The number of phenols is 1. The molecule has 1 heterocycles. The van der Waals surface area contributed by atoms with E-state index in [9.17, 15) is 14.3 Å². The maximum atomic E-state index is 13.5. The van der Waals surface area contributed by atoms with Crippen molar-refractivity contribution in [2.75, 3.05) is 0 Å². The molecule has 0 fully saturated rings. The van der Waals surface area contributed by atoms with E-state index < -0.39 is 11.6 Å². The van der Waals surface area contributed by atoms with Crippen LogP contribution < -0.4 is 0 Å². The van der Waals surface area contributed by atoms with E-state index in [2.05, 4.69) is 5.10 Å². The van der Waals surface area contributed by atoms with E-state index >= 15 is 0 Å². The number of rotatable bonds is 4. The molecule has 1 aromatic heterocycles. The van der Waals surface area contributed by atoms with Gasteiger partial charge in [-0.3, -0.25) is 4.79 Å². The maximum absolute atomic E-state index is 13.5. The van der Waals surface area contributed by atoms with E-state index in [1.807, 2.05) is 36.5 Å². The lowest BCUT2D eigenvalue weighted by Gasteiger charge is -2.03. The Bertz CT molecular complexity index is 853. The van der Waals surface area contributed by atoms with E-state index in [1.54, 1.807) is 23.0 Å². The van der Waals surface area contributed by atoms with Gasteiger partial charge in [-0.2, -0.15) is 5.10 Å². The molecule has 0 atom stereocenters. The summed E-state index contributed by atoms with van der Waals surface area (Å²) in [6.45, 7) is 0. The smallest absolute Gasteiger partial charge is 0.166 e. The molecule has 23 heavy (non-hydrogen) atoms. The average molecular weight is 308 g/mol. The van der Waals surface area contributed by atoms with Crippen LogP contribution in [0.3, 0.4) is 0 Å². The number of hydrogen-bond acceptors (Lipinski definition) is 3. The van der Waals surface area contributed by atoms with Gasteiger partial charge < -0.3 is 5.11 Å². The first-order valence-corrected chi connectivity index (χ1v) is 6.93. The Morgan fingerprint density at radius 3 is 2.48 bits per heavy atom. The summed E-state index contributed by atoms with van der Waals surface area (Å²) in [6.07, 6.45) is 7.46. The topological polar surface area (TPSA) is 55.1 Å². The van der Waals surface area contributed by atoms with E-state index in [4.69, 9.17) is 0 Å². The Labute approximate surface area is 132 Å². The molecule has 0 bridgehead atoms. The third-order valence-electron chi connectivity index (χ3n) is 3.37. The number of carbonyl (C=O) groups excluding carboxylic acids is 1. The lowest BCUT2D eigenvalue weighted by molar-refractivity contribution is 0.112. The summed E-state index contributed by atoms with van der Waals surface area (Å²) in [5.74, 6) is -1.44. The predicted molar refractivity (Wildman–Crippen MR) is 85.9 cm³/mol. The Kier molecular flexibility index (Phi) is 4.01. The molecule has 1 N–H and O–H groups in total. The van der Waals surface area contributed by atoms with Gasteiger partial charge in [-0.25, -0.2) is 9.07 Å². The number of halogens is 1. The fourth-order valence-corrected chi connectivity index (χ4v) is 2.18. The Morgan fingerprint density at radius 1 is 1.09 bits per heavy atom. The Hall–Kier alpha value is -3.21. The molecule has 4 nitrogen and oxygen atoms in total. The van der Waals surface area contributed by atoms with E-state index in [-0.39, 0.29) is 5.56 Å². The van der Waals surface area contributed by atoms with Crippen molar-refractivity contribution in [1.82, 2.24) is 9.78 Å². The maximum Gasteiger partial charge on any atom is 0.166 e. The van der Waals surface area contributed by atoms with Crippen LogP contribution in [0.4, 0.5) is 4.39 Å². The van der Waals surface area contributed by atoms with Crippen molar-refractivity contribution in [1.29, 1.82) is 0 Å². The Morgan fingerprint density at radius 2 is 1.83 bits per heavy atom. The van der Waals surface area contributed by atoms with Crippen molar-refractivity contribution in [3.05, 3.63) is 77.4 Å². The molecule has 0 aliphatic carbocycles. The zero-order valence-electron chi connectivity index (χ0n) is 12.1. The van der Waals surface area contributed by atoms with Crippen molar-refractivity contribution in [3.8, 4) is 11.4 Å². The zero-order valence-corrected chi connectivity index (χ0v) is 12.1. The molecule has 0 unspecified atom stereocenters. The Balaban J connectivity index is 1.83. The number of hydrogen-bond donors (Lipinski definition) is 1. The van der Waals surface area contributed by atoms with Gasteiger partial charge in [-0.1, -0.05) is 24.3 Å². The summed E-state index contributed by atoms with van der Waals surface area (Å²) in [6, 6.07) is 12.1. The molecule has 3 rings (SSSR count). The van der Waals surface area contributed by atoms with Crippen molar-refractivity contribution in [2.45, 2.75) is 0 Å². The van der Waals surface area contributed by atoms with Gasteiger partial charge >= 0.3 is 0 Å². The number of aromatic hydroxyl groups is 1. The van der Waals surface area contributed by atoms with Gasteiger partial charge in [0.05, 0.1) is 11.3 Å². The van der Waals surface area contributed by atoms with Crippen molar-refractivity contribution >= 4 is 18.4 Å². The lowest BCUT2D eigenvalue weighted by Crippen LogP contribution is -1.93. The van der Waals surface area contributed by atoms with Gasteiger partial charge in [0.2, 0.25) is 0 Å². The van der Waals surface area contributed by atoms with Crippen LogP contribution in [0.15, 0.2) is 54.9 Å². The van der Waals surface area contributed by atoms with E-state index in [0.29, 0.717) is 11.8 Å². The van der Waals surface area contributed by atoms with Crippen LogP contribution in [-0.4, -0.2) is 21.2 Å². The van der Waals surface area contributed by atoms with E-state index in [0.717, 1.165) is 11.3 Å². The van der Waals surface area contributed by atoms with Gasteiger partial charge in [0.25, 0.3) is 0 Å².